The summed E-state index contributed by atoms with van der Waals surface area (Å²) in [5.41, 5.74) is 6.77. The molecule has 0 amide bonds. The van der Waals surface area contributed by atoms with E-state index in [2.05, 4.69) is 6.58 Å². The second-order valence-corrected chi connectivity index (χ2v) is 2.86. The first kappa shape index (κ1) is 10.7. The minimum absolute atomic E-state index is 0.367. The van der Waals surface area contributed by atoms with Crippen LogP contribution in [0.1, 0.15) is 5.56 Å². The molecule has 0 fully saturated rings. The molecule has 0 spiro atoms. The highest BCUT2D eigenvalue weighted by Gasteiger charge is 1.93. The maximum absolute atomic E-state index is 5.65. The first-order chi connectivity index (χ1) is 6.83. The molecule has 14 heavy (non-hydrogen) atoms. The highest BCUT2D eigenvalue weighted by Crippen LogP contribution is 2.01. The Labute approximate surface area is 84.7 Å². The third kappa shape index (κ3) is 4.03. The fraction of sp³-hybridized carbons (Fsp3) is 0.167. The quantitative estimate of drug-likeness (QED) is 0.569. The molecular formula is C12H15NO. The molecule has 0 saturated heterocycles. The minimum atomic E-state index is -0.367. The van der Waals surface area contributed by atoms with Crippen molar-refractivity contribution in [1.29, 1.82) is 0 Å². The molecule has 1 aromatic carbocycles. The lowest BCUT2D eigenvalue weighted by Gasteiger charge is -2.05. The molecule has 1 rings (SSSR count). The Morgan fingerprint density at radius 1 is 1.36 bits per heavy atom. The van der Waals surface area contributed by atoms with E-state index in [-0.39, 0.29) is 6.23 Å². The highest BCUT2D eigenvalue weighted by atomic mass is 16.5. The maximum atomic E-state index is 5.65. The SMILES string of the molecule is C=CCOC(N)C=Cc1ccccc1. The average molecular weight is 189 g/mol. The summed E-state index contributed by atoms with van der Waals surface area (Å²) >= 11 is 0. The van der Waals surface area contributed by atoms with Gasteiger partial charge in [0, 0.05) is 0 Å². The molecule has 1 aromatic rings. The molecule has 0 aliphatic rings. The summed E-state index contributed by atoms with van der Waals surface area (Å²) in [7, 11) is 0. The molecule has 0 aromatic heterocycles. The van der Waals surface area contributed by atoms with Crippen molar-refractivity contribution in [2.75, 3.05) is 6.61 Å². The van der Waals surface area contributed by atoms with E-state index in [1.165, 1.54) is 0 Å². The van der Waals surface area contributed by atoms with Crippen LogP contribution >= 0.6 is 0 Å². The van der Waals surface area contributed by atoms with Gasteiger partial charge in [-0.3, -0.25) is 0 Å². The molecule has 0 radical (unpaired) electrons. The third-order valence-corrected chi connectivity index (χ3v) is 1.68. The minimum Gasteiger partial charge on any atom is -0.356 e. The molecule has 0 saturated carbocycles. The summed E-state index contributed by atoms with van der Waals surface area (Å²) in [5, 5.41) is 0. The van der Waals surface area contributed by atoms with Crippen LogP contribution in [-0.2, 0) is 4.74 Å². The molecule has 1 atom stereocenters. The zero-order valence-corrected chi connectivity index (χ0v) is 8.10. The van der Waals surface area contributed by atoms with Gasteiger partial charge in [-0.25, -0.2) is 0 Å². The second kappa shape index (κ2) is 6.13. The Hall–Kier alpha value is -1.38. The summed E-state index contributed by atoms with van der Waals surface area (Å²) in [4.78, 5) is 0. The van der Waals surface area contributed by atoms with Crippen LogP contribution in [0, 0.1) is 0 Å². The highest BCUT2D eigenvalue weighted by molar-refractivity contribution is 5.49. The largest absolute Gasteiger partial charge is 0.356 e. The zero-order chi connectivity index (χ0) is 10.2. The summed E-state index contributed by atoms with van der Waals surface area (Å²) in [6, 6.07) is 9.96. The number of hydrogen-bond donors (Lipinski definition) is 1. The van der Waals surface area contributed by atoms with Gasteiger partial charge in [-0.15, -0.1) is 6.58 Å². The van der Waals surface area contributed by atoms with Crippen LogP contribution in [0.5, 0.6) is 0 Å². The predicted molar refractivity (Wildman–Crippen MR) is 59.6 cm³/mol. The molecule has 0 aliphatic carbocycles. The van der Waals surface area contributed by atoms with Crippen molar-refractivity contribution in [2.24, 2.45) is 5.73 Å². The van der Waals surface area contributed by atoms with E-state index in [0.29, 0.717) is 6.61 Å². The summed E-state index contributed by atoms with van der Waals surface area (Å²) in [6.45, 7) is 4.02. The Bertz CT molecular complexity index is 292. The predicted octanol–water partition coefficient (Wildman–Crippen LogP) is 2.19. The van der Waals surface area contributed by atoms with Crippen LogP contribution in [0.3, 0.4) is 0 Å². The lowest BCUT2D eigenvalue weighted by Crippen LogP contribution is -2.20. The van der Waals surface area contributed by atoms with E-state index >= 15 is 0 Å². The van der Waals surface area contributed by atoms with Crippen molar-refractivity contribution in [3.8, 4) is 0 Å². The lowest BCUT2D eigenvalue weighted by molar-refractivity contribution is 0.115. The van der Waals surface area contributed by atoms with Gasteiger partial charge in [-0.1, -0.05) is 42.5 Å². The first-order valence-electron chi connectivity index (χ1n) is 4.54. The van der Waals surface area contributed by atoms with Gasteiger partial charge in [0.1, 0.15) is 6.23 Å². The van der Waals surface area contributed by atoms with Crippen molar-refractivity contribution in [3.05, 3.63) is 54.6 Å². The molecule has 0 bridgehead atoms. The monoisotopic (exact) mass is 189 g/mol. The topological polar surface area (TPSA) is 35.2 Å². The van der Waals surface area contributed by atoms with Crippen LogP contribution in [0.25, 0.3) is 6.08 Å². The third-order valence-electron chi connectivity index (χ3n) is 1.68. The van der Waals surface area contributed by atoms with Crippen LogP contribution in [-0.4, -0.2) is 12.8 Å². The van der Waals surface area contributed by atoms with E-state index in [9.17, 15) is 0 Å². The summed E-state index contributed by atoms with van der Waals surface area (Å²) in [5.74, 6) is 0. The Balaban J connectivity index is 2.43. The fourth-order valence-corrected chi connectivity index (χ4v) is 1.00. The zero-order valence-electron chi connectivity index (χ0n) is 8.10. The smallest absolute Gasteiger partial charge is 0.125 e. The van der Waals surface area contributed by atoms with Gasteiger partial charge in [-0.2, -0.15) is 0 Å². The molecule has 0 aliphatic heterocycles. The number of ether oxygens (including phenoxy) is 1. The van der Waals surface area contributed by atoms with Gasteiger partial charge in [0.2, 0.25) is 0 Å². The van der Waals surface area contributed by atoms with Crippen molar-refractivity contribution in [1.82, 2.24) is 0 Å². The molecule has 2 nitrogen and oxygen atoms in total. The number of benzene rings is 1. The van der Waals surface area contributed by atoms with Gasteiger partial charge in [0.25, 0.3) is 0 Å². The lowest BCUT2D eigenvalue weighted by atomic mass is 10.2. The van der Waals surface area contributed by atoms with E-state index < -0.39 is 0 Å². The maximum Gasteiger partial charge on any atom is 0.125 e. The molecule has 2 heteroatoms. The average Bonchev–Trinajstić information content (AvgIpc) is 2.25. The van der Waals surface area contributed by atoms with Gasteiger partial charge in [0.15, 0.2) is 0 Å². The molecule has 0 heterocycles. The van der Waals surface area contributed by atoms with Crippen LogP contribution in [0.4, 0.5) is 0 Å². The first-order valence-corrected chi connectivity index (χ1v) is 4.54. The Morgan fingerprint density at radius 2 is 2.07 bits per heavy atom. The van der Waals surface area contributed by atoms with Crippen molar-refractivity contribution >= 4 is 6.08 Å². The molecular weight excluding hydrogens is 174 g/mol. The van der Waals surface area contributed by atoms with E-state index in [0.717, 1.165) is 5.56 Å². The molecule has 1 unspecified atom stereocenters. The van der Waals surface area contributed by atoms with Crippen molar-refractivity contribution in [3.63, 3.8) is 0 Å². The van der Waals surface area contributed by atoms with Gasteiger partial charge in [0.05, 0.1) is 6.61 Å². The van der Waals surface area contributed by atoms with Crippen molar-refractivity contribution in [2.45, 2.75) is 6.23 Å². The van der Waals surface area contributed by atoms with E-state index in [1.54, 1.807) is 6.08 Å². The van der Waals surface area contributed by atoms with E-state index in [4.69, 9.17) is 10.5 Å². The Kier molecular flexibility index (Phi) is 4.69. The van der Waals surface area contributed by atoms with Gasteiger partial charge in [-0.05, 0) is 11.6 Å². The molecule has 74 valence electrons. The summed E-state index contributed by atoms with van der Waals surface area (Å²) < 4.78 is 5.19. The van der Waals surface area contributed by atoms with E-state index in [1.807, 2.05) is 42.5 Å². The Morgan fingerprint density at radius 3 is 2.71 bits per heavy atom. The number of rotatable bonds is 5. The molecule has 2 N–H and O–H groups in total. The summed E-state index contributed by atoms with van der Waals surface area (Å²) in [6.07, 6.45) is 5.07. The normalized spacial score (nSPS) is 12.9. The van der Waals surface area contributed by atoms with Crippen LogP contribution < -0.4 is 5.73 Å². The number of nitrogens with two attached hydrogens (primary N) is 1. The van der Waals surface area contributed by atoms with Crippen molar-refractivity contribution < 1.29 is 4.74 Å². The standard InChI is InChI=1S/C12H15NO/c1-2-10-14-12(13)9-8-11-6-4-3-5-7-11/h2-9,12H,1,10,13H2. The number of hydrogen-bond acceptors (Lipinski definition) is 2. The fourth-order valence-electron chi connectivity index (χ4n) is 1.00. The van der Waals surface area contributed by atoms with Crippen LogP contribution in [0.2, 0.25) is 0 Å². The van der Waals surface area contributed by atoms with Gasteiger partial charge < -0.3 is 10.5 Å². The van der Waals surface area contributed by atoms with Gasteiger partial charge >= 0.3 is 0 Å². The second-order valence-electron chi connectivity index (χ2n) is 2.86. The van der Waals surface area contributed by atoms with Crippen LogP contribution in [0.15, 0.2) is 49.1 Å².